The van der Waals surface area contributed by atoms with Crippen LogP contribution in [0, 0.1) is 18.3 Å². The van der Waals surface area contributed by atoms with Crippen LogP contribution in [0.25, 0.3) is 5.82 Å². The zero-order valence-electron chi connectivity index (χ0n) is 11.4. The van der Waals surface area contributed by atoms with Crippen molar-refractivity contribution < 1.29 is 0 Å². The number of hydrogen-bond acceptors (Lipinski definition) is 5. The Bertz CT molecular complexity index is 675. The first-order valence-electron chi connectivity index (χ1n) is 6.67. The number of aromatic nitrogens is 3. The van der Waals surface area contributed by atoms with Crippen molar-refractivity contribution in [3.8, 4) is 11.9 Å². The van der Waals surface area contributed by atoms with Crippen molar-refractivity contribution in [2.24, 2.45) is 0 Å². The highest BCUT2D eigenvalue weighted by Crippen LogP contribution is 2.28. The summed E-state index contributed by atoms with van der Waals surface area (Å²) in [6.07, 6.45) is 3.97. The van der Waals surface area contributed by atoms with E-state index in [4.69, 9.17) is 5.73 Å². The lowest BCUT2D eigenvalue weighted by molar-refractivity contribution is 0.827. The molecule has 1 saturated heterocycles. The molecule has 0 unspecified atom stereocenters. The van der Waals surface area contributed by atoms with Gasteiger partial charge < -0.3 is 10.6 Å². The molecule has 0 spiro atoms. The summed E-state index contributed by atoms with van der Waals surface area (Å²) in [5, 5.41) is 13.9. The van der Waals surface area contributed by atoms with Gasteiger partial charge in [-0.25, -0.2) is 4.98 Å². The zero-order valence-corrected chi connectivity index (χ0v) is 11.4. The minimum Gasteiger partial charge on any atom is -0.382 e. The van der Waals surface area contributed by atoms with Crippen LogP contribution in [0.2, 0.25) is 0 Å². The van der Waals surface area contributed by atoms with Crippen LogP contribution in [0.5, 0.6) is 0 Å². The molecule has 1 aliphatic heterocycles. The fourth-order valence-corrected chi connectivity index (χ4v) is 2.49. The van der Waals surface area contributed by atoms with Crippen LogP contribution in [-0.4, -0.2) is 27.9 Å². The molecular formula is C14H16N6. The molecule has 2 aromatic heterocycles. The second kappa shape index (κ2) is 4.85. The zero-order chi connectivity index (χ0) is 14.1. The summed E-state index contributed by atoms with van der Waals surface area (Å²) in [6, 6.07) is 5.98. The van der Waals surface area contributed by atoms with Crippen LogP contribution < -0.4 is 10.6 Å². The van der Waals surface area contributed by atoms with Crippen LogP contribution in [0.4, 0.5) is 11.6 Å². The lowest BCUT2D eigenvalue weighted by atomic mass is 10.3. The predicted molar refractivity (Wildman–Crippen MR) is 76.7 cm³/mol. The topological polar surface area (TPSA) is 83.8 Å². The van der Waals surface area contributed by atoms with Gasteiger partial charge >= 0.3 is 0 Å². The molecule has 3 rings (SSSR count). The maximum Gasteiger partial charge on any atom is 0.171 e. The van der Waals surface area contributed by atoms with Crippen molar-refractivity contribution in [3.05, 3.63) is 29.5 Å². The molecule has 6 heteroatoms. The Morgan fingerprint density at radius 1 is 1.35 bits per heavy atom. The number of rotatable bonds is 2. The van der Waals surface area contributed by atoms with E-state index < -0.39 is 0 Å². The van der Waals surface area contributed by atoms with Gasteiger partial charge in [-0.05, 0) is 37.5 Å². The molecule has 1 aliphatic rings. The average Bonchev–Trinajstić information content (AvgIpc) is 3.05. The third-order valence-electron chi connectivity index (χ3n) is 3.54. The lowest BCUT2D eigenvalue weighted by Crippen LogP contribution is -2.19. The second-order valence-corrected chi connectivity index (χ2v) is 4.99. The van der Waals surface area contributed by atoms with Gasteiger partial charge in [0.1, 0.15) is 17.5 Å². The van der Waals surface area contributed by atoms with E-state index in [1.165, 1.54) is 0 Å². The highest BCUT2D eigenvalue weighted by molar-refractivity contribution is 5.67. The fourth-order valence-electron chi connectivity index (χ4n) is 2.49. The standard InChI is InChI=1S/C14H16N6/c1-10-4-5-17-12(8-10)20-13(16)11(9-15)14(18-20)19-6-2-3-7-19/h4-5,8H,2-3,6-7,16H2,1H3. The number of anilines is 2. The Balaban J connectivity index is 2.11. The van der Waals surface area contributed by atoms with Crippen LogP contribution in [0.1, 0.15) is 24.0 Å². The van der Waals surface area contributed by atoms with E-state index in [-0.39, 0.29) is 0 Å². The molecule has 0 bridgehead atoms. The molecule has 2 N–H and O–H groups in total. The van der Waals surface area contributed by atoms with Gasteiger partial charge in [-0.1, -0.05) is 0 Å². The van der Waals surface area contributed by atoms with Gasteiger partial charge in [0.25, 0.3) is 0 Å². The maximum atomic E-state index is 9.34. The molecule has 0 atom stereocenters. The van der Waals surface area contributed by atoms with Crippen LogP contribution in [0.15, 0.2) is 18.3 Å². The van der Waals surface area contributed by atoms with E-state index in [1.54, 1.807) is 10.9 Å². The Labute approximate surface area is 117 Å². The molecule has 0 aliphatic carbocycles. The smallest absolute Gasteiger partial charge is 0.171 e. The monoisotopic (exact) mass is 268 g/mol. The molecule has 3 heterocycles. The van der Waals surface area contributed by atoms with Gasteiger partial charge in [-0.15, -0.1) is 5.10 Å². The summed E-state index contributed by atoms with van der Waals surface area (Å²) in [5.41, 5.74) is 7.59. The number of nitrogens with zero attached hydrogens (tertiary/aromatic N) is 5. The first kappa shape index (κ1) is 12.5. The maximum absolute atomic E-state index is 9.34. The molecule has 0 amide bonds. The number of hydrogen-bond donors (Lipinski definition) is 1. The summed E-state index contributed by atoms with van der Waals surface area (Å²) in [7, 11) is 0. The molecular weight excluding hydrogens is 252 g/mol. The van der Waals surface area contributed by atoms with Gasteiger partial charge in [0.05, 0.1) is 0 Å². The summed E-state index contributed by atoms with van der Waals surface area (Å²) in [5.74, 6) is 1.67. The number of nitriles is 1. The first-order valence-corrected chi connectivity index (χ1v) is 6.67. The molecule has 0 radical (unpaired) electrons. The van der Waals surface area contributed by atoms with Crippen molar-refractivity contribution in [3.63, 3.8) is 0 Å². The second-order valence-electron chi connectivity index (χ2n) is 4.99. The van der Waals surface area contributed by atoms with E-state index in [9.17, 15) is 5.26 Å². The first-order chi connectivity index (χ1) is 9.70. The minimum atomic E-state index is 0.354. The van der Waals surface area contributed by atoms with E-state index in [0.717, 1.165) is 31.5 Å². The average molecular weight is 268 g/mol. The van der Waals surface area contributed by atoms with Gasteiger partial charge in [0, 0.05) is 19.3 Å². The summed E-state index contributed by atoms with van der Waals surface area (Å²) in [4.78, 5) is 6.39. The number of nitrogens with two attached hydrogens (primary N) is 1. The summed E-state index contributed by atoms with van der Waals surface area (Å²) < 4.78 is 1.55. The van der Waals surface area contributed by atoms with Crippen molar-refractivity contribution in [2.45, 2.75) is 19.8 Å². The molecule has 0 aromatic carbocycles. The minimum absolute atomic E-state index is 0.354. The predicted octanol–water partition coefficient (Wildman–Crippen LogP) is 1.63. The third kappa shape index (κ3) is 1.97. The SMILES string of the molecule is Cc1ccnc(-n2nc(N3CCCC3)c(C#N)c2N)c1. The summed E-state index contributed by atoms with van der Waals surface area (Å²) in [6.45, 7) is 3.83. The number of pyridine rings is 1. The summed E-state index contributed by atoms with van der Waals surface area (Å²) >= 11 is 0. The lowest BCUT2D eigenvalue weighted by Gasteiger charge is -2.13. The molecule has 102 valence electrons. The fraction of sp³-hybridized carbons (Fsp3) is 0.357. The molecule has 6 nitrogen and oxygen atoms in total. The van der Waals surface area contributed by atoms with Crippen molar-refractivity contribution >= 4 is 11.6 Å². The van der Waals surface area contributed by atoms with Crippen LogP contribution >= 0.6 is 0 Å². The van der Waals surface area contributed by atoms with E-state index >= 15 is 0 Å². The Morgan fingerprint density at radius 3 is 2.75 bits per heavy atom. The van der Waals surface area contributed by atoms with E-state index in [0.29, 0.717) is 23.0 Å². The Morgan fingerprint density at radius 2 is 2.10 bits per heavy atom. The van der Waals surface area contributed by atoms with Gasteiger partial charge in [0.2, 0.25) is 0 Å². The van der Waals surface area contributed by atoms with E-state index in [1.807, 2.05) is 19.1 Å². The number of nitrogen functional groups attached to an aromatic ring is 1. The Kier molecular flexibility index (Phi) is 3.03. The highest BCUT2D eigenvalue weighted by atomic mass is 15.4. The van der Waals surface area contributed by atoms with Crippen molar-refractivity contribution in [1.29, 1.82) is 5.26 Å². The highest BCUT2D eigenvalue weighted by Gasteiger charge is 2.24. The van der Waals surface area contributed by atoms with Crippen LogP contribution in [-0.2, 0) is 0 Å². The molecule has 0 saturated carbocycles. The normalized spacial score (nSPS) is 14.5. The number of aryl methyl sites for hydroxylation is 1. The van der Waals surface area contributed by atoms with Gasteiger partial charge in [-0.3, -0.25) is 0 Å². The van der Waals surface area contributed by atoms with Crippen molar-refractivity contribution in [2.75, 3.05) is 23.7 Å². The Hall–Kier alpha value is -2.55. The quantitative estimate of drug-likeness (QED) is 0.895. The largest absolute Gasteiger partial charge is 0.382 e. The molecule has 1 fully saturated rings. The van der Waals surface area contributed by atoms with Crippen molar-refractivity contribution in [1.82, 2.24) is 14.8 Å². The van der Waals surface area contributed by atoms with Gasteiger partial charge in [-0.2, -0.15) is 9.94 Å². The van der Waals surface area contributed by atoms with E-state index in [2.05, 4.69) is 21.1 Å². The molecule has 20 heavy (non-hydrogen) atoms. The molecule has 2 aromatic rings. The third-order valence-corrected chi connectivity index (χ3v) is 3.54. The van der Waals surface area contributed by atoms with Crippen LogP contribution in [0.3, 0.4) is 0 Å². The van der Waals surface area contributed by atoms with Gasteiger partial charge in [0.15, 0.2) is 11.6 Å².